The minimum absolute atomic E-state index is 0.138. The lowest BCUT2D eigenvalue weighted by Crippen LogP contribution is -2.08. The van der Waals surface area contributed by atoms with Crippen LogP contribution < -0.4 is 5.73 Å². The van der Waals surface area contributed by atoms with E-state index < -0.39 is 0 Å². The molecular weight excluding hydrogens is 375 g/mol. The first kappa shape index (κ1) is 16.8. The third kappa shape index (κ3) is 2.73. The number of nitrogen functional groups attached to an aromatic ring is 1. The van der Waals surface area contributed by atoms with E-state index in [0.717, 1.165) is 35.2 Å². The maximum Gasteiger partial charge on any atom is 0.205 e. The summed E-state index contributed by atoms with van der Waals surface area (Å²) in [6, 6.07) is 4.89. The van der Waals surface area contributed by atoms with Gasteiger partial charge in [0.2, 0.25) is 5.78 Å². The van der Waals surface area contributed by atoms with Gasteiger partial charge in [-0.15, -0.1) is 11.3 Å². The van der Waals surface area contributed by atoms with Gasteiger partial charge < -0.3 is 5.73 Å². The second-order valence-electron chi connectivity index (χ2n) is 6.34. The van der Waals surface area contributed by atoms with Crippen molar-refractivity contribution >= 4 is 56.2 Å². The van der Waals surface area contributed by atoms with Gasteiger partial charge in [0.15, 0.2) is 0 Å². The van der Waals surface area contributed by atoms with E-state index in [2.05, 4.69) is 0 Å². The number of nitrogens with two attached hydrogens (primary N) is 1. The van der Waals surface area contributed by atoms with E-state index in [-0.39, 0.29) is 5.78 Å². The molecule has 0 spiro atoms. The summed E-state index contributed by atoms with van der Waals surface area (Å²) in [6.07, 6.45) is 4.36. The van der Waals surface area contributed by atoms with E-state index in [9.17, 15) is 4.79 Å². The van der Waals surface area contributed by atoms with Crippen molar-refractivity contribution in [3.05, 3.63) is 55.5 Å². The van der Waals surface area contributed by atoms with Gasteiger partial charge in [-0.2, -0.15) is 0 Å². The summed E-state index contributed by atoms with van der Waals surface area (Å²) < 4.78 is 0. The molecule has 0 atom stereocenters. The van der Waals surface area contributed by atoms with Gasteiger partial charge in [-0.05, 0) is 61.9 Å². The van der Waals surface area contributed by atoms with E-state index >= 15 is 0 Å². The summed E-state index contributed by atoms with van der Waals surface area (Å²) >= 11 is 13.4. The highest BCUT2D eigenvalue weighted by atomic mass is 35.5. The van der Waals surface area contributed by atoms with Crippen LogP contribution in [0, 0.1) is 6.92 Å². The molecule has 3 aromatic rings. The molecule has 1 aliphatic carbocycles. The molecule has 2 heterocycles. The minimum Gasteiger partial charge on any atom is -0.397 e. The molecule has 6 heteroatoms. The molecule has 25 heavy (non-hydrogen) atoms. The Balaban J connectivity index is 1.89. The Kier molecular flexibility index (Phi) is 4.22. The monoisotopic (exact) mass is 390 g/mol. The lowest BCUT2D eigenvalue weighted by molar-refractivity contribution is 0.104. The number of hydrogen-bond donors (Lipinski definition) is 1. The summed E-state index contributed by atoms with van der Waals surface area (Å²) in [6.45, 7) is 2.04. The first-order chi connectivity index (χ1) is 12.0. The van der Waals surface area contributed by atoms with Crippen molar-refractivity contribution in [2.45, 2.75) is 32.6 Å². The number of halogens is 2. The first-order valence-corrected chi connectivity index (χ1v) is 9.74. The van der Waals surface area contributed by atoms with Crippen molar-refractivity contribution in [1.82, 2.24) is 4.98 Å². The molecule has 0 amide bonds. The molecule has 2 N–H and O–H groups in total. The molecule has 3 nitrogen and oxygen atoms in total. The number of anilines is 1. The largest absolute Gasteiger partial charge is 0.397 e. The Morgan fingerprint density at radius 1 is 1.16 bits per heavy atom. The molecular formula is C19H16Cl2N2OS. The highest BCUT2D eigenvalue weighted by Crippen LogP contribution is 2.40. The molecule has 1 aliphatic rings. The Hall–Kier alpha value is -1.62. The molecule has 0 saturated heterocycles. The van der Waals surface area contributed by atoms with Crippen LogP contribution in [0.5, 0.6) is 0 Å². The third-order valence-corrected chi connectivity index (χ3v) is 6.63. The van der Waals surface area contributed by atoms with Crippen molar-refractivity contribution in [3.8, 4) is 0 Å². The highest BCUT2D eigenvalue weighted by Gasteiger charge is 2.24. The topological polar surface area (TPSA) is 56.0 Å². The molecule has 2 aromatic heterocycles. The van der Waals surface area contributed by atoms with Gasteiger partial charge in [0, 0.05) is 16.6 Å². The molecule has 0 aliphatic heterocycles. The van der Waals surface area contributed by atoms with Crippen molar-refractivity contribution in [3.63, 3.8) is 0 Å². The van der Waals surface area contributed by atoms with Crippen LogP contribution in [-0.2, 0) is 12.8 Å². The highest BCUT2D eigenvalue weighted by molar-refractivity contribution is 7.21. The molecule has 0 unspecified atom stereocenters. The number of aromatic nitrogens is 1. The number of ketones is 1. The number of carbonyl (C=O) groups excluding carboxylic acids is 1. The van der Waals surface area contributed by atoms with E-state index in [1.807, 2.05) is 6.92 Å². The lowest BCUT2D eigenvalue weighted by atomic mass is 9.89. The summed E-state index contributed by atoms with van der Waals surface area (Å²) in [7, 11) is 0. The fourth-order valence-corrected chi connectivity index (χ4v) is 4.97. The number of pyridine rings is 1. The molecule has 4 rings (SSSR count). The zero-order chi connectivity index (χ0) is 17.7. The zero-order valence-corrected chi connectivity index (χ0v) is 16.0. The Labute approximate surface area is 159 Å². The van der Waals surface area contributed by atoms with Gasteiger partial charge in [-0.1, -0.05) is 23.2 Å². The van der Waals surface area contributed by atoms with Crippen LogP contribution in [0.25, 0.3) is 10.2 Å². The predicted octanol–water partition coefficient (Wildman–Crippen LogP) is 5.60. The SMILES string of the molecule is Cc1nc2sc(C(=O)c3ccc(Cl)c(Cl)c3)c(N)c2c2c1CCCC2. The smallest absolute Gasteiger partial charge is 0.205 e. The molecule has 0 radical (unpaired) electrons. The molecule has 0 fully saturated rings. The minimum atomic E-state index is -0.138. The summed E-state index contributed by atoms with van der Waals surface area (Å²) in [5.41, 5.74) is 11.1. The van der Waals surface area contributed by atoms with Crippen LogP contribution in [0.2, 0.25) is 10.0 Å². The number of carbonyl (C=O) groups is 1. The average Bonchev–Trinajstić information content (AvgIpc) is 2.93. The maximum absolute atomic E-state index is 13.0. The van der Waals surface area contributed by atoms with Gasteiger partial charge in [0.1, 0.15) is 9.71 Å². The van der Waals surface area contributed by atoms with Crippen LogP contribution in [0.3, 0.4) is 0 Å². The van der Waals surface area contributed by atoms with Crippen LogP contribution in [0.4, 0.5) is 5.69 Å². The van der Waals surface area contributed by atoms with E-state index in [4.69, 9.17) is 33.9 Å². The average molecular weight is 391 g/mol. The van der Waals surface area contributed by atoms with Crippen LogP contribution in [0.15, 0.2) is 18.2 Å². The van der Waals surface area contributed by atoms with Crippen LogP contribution in [0.1, 0.15) is 44.9 Å². The van der Waals surface area contributed by atoms with Gasteiger partial charge in [-0.25, -0.2) is 4.98 Å². The van der Waals surface area contributed by atoms with Crippen molar-refractivity contribution in [2.75, 3.05) is 5.73 Å². The number of benzene rings is 1. The van der Waals surface area contributed by atoms with Gasteiger partial charge in [0.25, 0.3) is 0 Å². The summed E-state index contributed by atoms with van der Waals surface area (Å²) in [4.78, 5) is 19.0. The number of fused-ring (bicyclic) bond motifs is 3. The second-order valence-corrected chi connectivity index (χ2v) is 8.16. The fraction of sp³-hybridized carbons (Fsp3) is 0.263. The number of aryl methyl sites for hydroxylation is 2. The molecule has 0 saturated carbocycles. The normalized spacial score (nSPS) is 13.9. The number of nitrogens with zero attached hydrogens (tertiary/aromatic N) is 1. The van der Waals surface area contributed by atoms with E-state index in [1.54, 1.807) is 18.2 Å². The summed E-state index contributed by atoms with van der Waals surface area (Å²) in [5, 5.41) is 1.75. The molecule has 0 bridgehead atoms. The third-order valence-electron chi connectivity index (χ3n) is 4.79. The fourth-order valence-electron chi connectivity index (χ4n) is 3.54. The standard InChI is InChI=1S/C19H16Cl2N2OS/c1-9-11-4-2-3-5-12(11)15-16(22)18(25-19(15)23-9)17(24)10-6-7-13(20)14(21)8-10/h6-8H,2-5,22H2,1H3. The molecule has 1 aromatic carbocycles. The van der Waals surface area contributed by atoms with E-state index in [0.29, 0.717) is 26.2 Å². The van der Waals surface area contributed by atoms with Crippen molar-refractivity contribution in [2.24, 2.45) is 0 Å². The quantitative estimate of drug-likeness (QED) is 0.578. The molecule has 128 valence electrons. The number of hydrogen-bond acceptors (Lipinski definition) is 4. The zero-order valence-electron chi connectivity index (χ0n) is 13.7. The van der Waals surface area contributed by atoms with Crippen molar-refractivity contribution in [1.29, 1.82) is 0 Å². The Morgan fingerprint density at radius 3 is 2.60 bits per heavy atom. The van der Waals surface area contributed by atoms with Gasteiger partial charge >= 0.3 is 0 Å². The first-order valence-electron chi connectivity index (χ1n) is 8.17. The Bertz CT molecular complexity index is 1030. The van der Waals surface area contributed by atoms with Crippen molar-refractivity contribution < 1.29 is 4.79 Å². The van der Waals surface area contributed by atoms with Gasteiger partial charge in [0.05, 0.1) is 15.7 Å². The second kappa shape index (κ2) is 6.27. The maximum atomic E-state index is 13.0. The predicted molar refractivity (Wildman–Crippen MR) is 105 cm³/mol. The van der Waals surface area contributed by atoms with Crippen LogP contribution in [-0.4, -0.2) is 10.8 Å². The lowest BCUT2D eigenvalue weighted by Gasteiger charge is -2.18. The van der Waals surface area contributed by atoms with Crippen LogP contribution >= 0.6 is 34.5 Å². The summed E-state index contributed by atoms with van der Waals surface area (Å²) in [5.74, 6) is -0.138. The number of thiophene rings is 1. The van der Waals surface area contributed by atoms with E-state index in [1.165, 1.54) is 28.9 Å². The van der Waals surface area contributed by atoms with Gasteiger partial charge in [-0.3, -0.25) is 4.79 Å². The number of rotatable bonds is 2. The Morgan fingerprint density at radius 2 is 1.88 bits per heavy atom.